The molecule has 1 saturated heterocycles. The minimum Gasteiger partial charge on any atom is -0.393 e. The Labute approximate surface area is 140 Å². The van der Waals surface area contributed by atoms with Crippen molar-refractivity contribution in [3.05, 3.63) is 29.6 Å². The number of aliphatic hydroxyl groups is 1. The molecule has 6 heteroatoms. The summed E-state index contributed by atoms with van der Waals surface area (Å²) in [6, 6.07) is 4.54. The molecule has 23 heavy (non-hydrogen) atoms. The lowest BCUT2D eigenvalue weighted by Gasteiger charge is -2.36. The van der Waals surface area contributed by atoms with Gasteiger partial charge in [0.2, 0.25) is 0 Å². The quantitative estimate of drug-likeness (QED) is 0.871. The standard InChI is InChI=1S/C17H23FN2O2S/c1-11(21)12-3-2-7-20(10-12)17(22)19-15-6-8-23-16-5-4-13(18)9-14(15)16/h4-5,9,11-12,15,21H,2-3,6-8,10H2,1H3,(H,19,22). The number of likely N-dealkylation sites (tertiary alicyclic amines) is 1. The second-order valence-electron chi connectivity index (χ2n) is 6.41. The van der Waals surface area contributed by atoms with Crippen molar-refractivity contribution in [3.8, 4) is 0 Å². The highest BCUT2D eigenvalue weighted by Crippen LogP contribution is 2.36. The van der Waals surface area contributed by atoms with Gasteiger partial charge >= 0.3 is 6.03 Å². The van der Waals surface area contributed by atoms with Crippen LogP contribution in [0.3, 0.4) is 0 Å². The van der Waals surface area contributed by atoms with Gasteiger partial charge in [-0.3, -0.25) is 0 Å². The summed E-state index contributed by atoms with van der Waals surface area (Å²) in [6.45, 7) is 3.08. The Kier molecular flexibility index (Phi) is 5.11. The molecule has 126 valence electrons. The van der Waals surface area contributed by atoms with Gasteiger partial charge in [-0.05, 0) is 49.9 Å². The third-order valence-electron chi connectivity index (χ3n) is 4.74. The fraction of sp³-hybridized carbons (Fsp3) is 0.588. The van der Waals surface area contributed by atoms with Crippen molar-refractivity contribution in [1.82, 2.24) is 10.2 Å². The molecule has 2 aliphatic heterocycles. The van der Waals surface area contributed by atoms with Crippen LogP contribution in [-0.2, 0) is 0 Å². The number of rotatable bonds is 2. The fourth-order valence-corrected chi connectivity index (χ4v) is 4.45. The average molecular weight is 338 g/mol. The van der Waals surface area contributed by atoms with Crippen LogP contribution in [0.2, 0.25) is 0 Å². The van der Waals surface area contributed by atoms with E-state index in [1.54, 1.807) is 29.7 Å². The molecule has 2 aliphatic rings. The van der Waals surface area contributed by atoms with Gasteiger partial charge in [-0.1, -0.05) is 0 Å². The van der Waals surface area contributed by atoms with Crippen molar-refractivity contribution in [2.45, 2.75) is 43.2 Å². The Morgan fingerprint density at radius 3 is 3.09 bits per heavy atom. The van der Waals surface area contributed by atoms with Crippen LogP contribution < -0.4 is 5.32 Å². The molecular weight excluding hydrogens is 315 g/mol. The van der Waals surface area contributed by atoms with Gasteiger partial charge in [0.1, 0.15) is 5.82 Å². The maximum atomic E-state index is 13.5. The van der Waals surface area contributed by atoms with Crippen LogP contribution in [0.1, 0.15) is 37.8 Å². The van der Waals surface area contributed by atoms with Gasteiger partial charge in [0.25, 0.3) is 0 Å². The zero-order valence-electron chi connectivity index (χ0n) is 13.3. The molecule has 0 radical (unpaired) electrons. The van der Waals surface area contributed by atoms with E-state index in [-0.39, 0.29) is 23.8 Å². The van der Waals surface area contributed by atoms with E-state index in [1.807, 2.05) is 0 Å². The summed E-state index contributed by atoms with van der Waals surface area (Å²) in [5.41, 5.74) is 0.874. The first kappa shape index (κ1) is 16.6. The number of benzene rings is 1. The Morgan fingerprint density at radius 1 is 1.48 bits per heavy atom. The molecule has 2 amide bonds. The van der Waals surface area contributed by atoms with E-state index in [2.05, 4.69) is 5.32 Å². The molecule has 0 spiro atoms. The van der Waals surface area contributed by atoms with Crippen molar-refractivity contribution >= 4 is 17.8 Å². The number of nitrogens with zero attached hydrogens (tertiary/aromatic N) is 1. The lowest BCUT2D eigenvalue weighted by Crippen LogP contribution is -2.48. The Hall–Kier alpha value is -1.27. The van der Waals surface area contributed by atoms with Gasteiger partial charge in [-0.15, -0.1) is 11.8 Å². The van der Waals surface area contributed by atoms with E-state index < -0.39 is 6.10 Å². The second-order valence-corrected chi connectivity index (χ2v) is 7.55. The molecular formula is C17H23FN2O2S. The number of fused-ring (bicyclic) bond motifs is 1. The van der Waals surface area contributed by atoms with Crippen LogP contribution in [-0.4, -0.2) is 41.0 Å². The monoisotopic (exact) mass is 338 g/mol. The topological polar surface area (TPSA) is 52.6 Å². The first-order valence-electron chi connectivity index (χ1n) is 8.20. The van der Waals surface area contributed by atoms with E-state index in [0.29, 0.717) is 13.1 Å². The number of thioether (sulfide) groups is 1. The van der Waals surface area contributed by atoms with Gasteiger partial charge in [-0.2, -0.15) is 0 Å². The molecule has 0 aliphatic carbocycles. The van der Waals surface area contributed by atoms with Crippen molar-refractivity contribution in [1.29, 1.82) is 0 Å². The summed E-state index contributed by atoms with van der Waals surface area (Å²) in [7, 11) is 0. The Balaban J connectivity index is 1.68. The van der Waals surface area contributed by atoms with E-state index >= 15 is 0 Å². The number of aliphatic hydroxyl groups excluding tert-OH is 1. The number of piperidine rings is 1. The highest BCUT2D eigenvalue weighted by molar-refractivity contribution is 7.99. The predicted molar refractivity (Wildman–Crippen MR) is 89.0 cm³/mol. The zero-order valence-corrected chi connectivity index (χ0v) is 14.1. The molecule has 2 N–H and O–H groups in total. The minimum absolute atomic E-state index is 0.109. The van der Waals surface area contributed by atoms with Gasteiger partial charge in [-0.25, -0.2) is 9.18 Å². The molecule has 0 saturated carbocycles. The predicted octanol–water partition coefficient (Wildman–Crippen LogP) is 3.17. The zero-order chi connectivity index (χ0) is 16.4. The van der Waals surface area contributed by atoms with Crippen molar-refractivity contribution in [2.75, 3.05) is 18.8 Å². The van der Waals surface area contributed by atoms with E-state index in [1.165, 1.54) is 12.1 Å². The third kappa shape index (κ3) is 3.80. The molecule has 0 bridgehead atoms. The number of nitrogens with one attached hydrogen (secondary N) is 1. The first-order chi connectivity index (χ1) is 11.0. The summed E-state index contributed by atoms with van der Waals surface area (Å²) in [4.78, 5) is 15.4. The second kappa shape index (κ2) is 7.09. The molecule has 0 aromatic heterocycles. The molecule has 3 rings (SSSR count). The molecule has 2 heterocycles. The molecule has 3 atom stereocenters. The molecule has 1 aromatic rings. The number of carbonyl (C=O) groups excluding carboxylic acids is 1. The summed E-state index contributed by atoms with van der Waals surface area (Å²) >= 11 is 1.70. The van der Waals surface area contributed by atoms with Gasteiger partial charge in [0, 0.05) is 29.7 Å². The van der Waals surface area contributed by atoms with Gasteiger partial charge < -0.3 is 15.3 Å². The van der Waals surface area contributed by atoms with Gasteiger partial charge in [0.15, 0.2) is 0 Å². The highest BCUT2D eigenvalue weighted by Gasteiger charge is 2.29. The summed E-state index contributed by atoms with van der Waals surface area (Å²) in [5, 5.41) is 12.8. The molecule has 1 aromatic carbocycles. The third-order valence-corrected chi connectivity index (χ3v) is 5.86. The van der Waals surface area contributed by atoms with Crippen molar-refractivity contribution < 1.29 is 14.3 Å². The van der Waals surface area contributed by atoms with Crippen molar-refractivity contribution in [3.63, 3.8) is 0 Å². The fourth-order valence-electron chi connectivity index (χ4n) is 3.34. The molecule has 1 fully saturated rings. The SMILES string of the molecule is CC(O)C1CCCN(C(=O)NC2CCSc3ccc(F)cc32)C1. The summed E-state index contributed by atoms with van der Waals surface area (Å²) in [6.07, 6.45) is 2.27. The van der Waals surface area contributed by atoms with Crippen LogP contribution in [0.25, 0.3) is 0 Å². The largest absolute Gasteiger partial charge is 0.393 e. The molecule has 3 unspecified atom stereocenters. The van der Waals surface area contributed by atoms with Crippen LogP contribution in [0, 0.1) is 11.7 Å². The lowest BCUT2D eigenvalue weighted by molar-refractivity contribution is 0.0732. The van der Waals surface area contributed by atoms with Crippen molar-refractivity contribution in [2.24, 2.45) is 5.92 Å². The average Bonchev–Trinajstić information content (AvgIpc) is 2.55. The van der Waals surface area contributed by atoms with Gasteiger partial charge in [0.05, 0.1) is 12.1 Å². The Morgan fingerprint density at radius 2 is 2.30 bits per heavy atom. The van der Waals surface area contributed by atoms with Crippen LogP contribution in [0.5, 0.6) is 0 Å². The minimum atomic E-state index is -0.397. The normalized spacial score (nSPS) is 25.6. The molecule has 4 nitrogen and oxygen atoms in total. The van der Waals surface area contributed by atoms with Crippen LogP contribution >= 0.6 is 11.8 Å². The number of halogens is 1. The number of urea groups is 1. The summed E-state index contributed by atoms with van der Waals surface area (Å²) < 4.78 is 13.5. The summed E-state index contributed by atoms with van der Waals surface area (Å²) in [5.74, 6) is 0.790. The lowest BCUT2D eigenvalue weighted by atomic mass is 9.93. The van der Waals surface area contributed by atoms with E-state index in [9.17, 15) is 14.3 Å². The highest BCUT2D eigenvalue weighted by atomic mass is 32.2. The number of hydrogen-bond acceptors (Lipinski definition) is 3. The first-order valence-corrected chi connectivity index (χ1v) is 9.19. The van der Waals surface area contributed by atoms with Crippen LogP contribution in [0.4, 0.5) is 9.18 Å². The Bertz CT molecular complexity index is 582. The van der Waals surface area contributed by atoms with E-state index in [4.69, 9.17) is 0 Å². The smallest absolute Gasteiger partial charge is 0.317 e. The number of hydrogen-bond donors (Lipinski definition) is 2. The van der Waals surface area contributed by atoms with Crippen LogP contribution in [0.15, 0.2) is 23.1 Å². The number of carbonyl (C=O) groups is 1. The maximum Gasteiger partial charge on any atom is 0.317 e. The number of amides is 2. The van der Waals surface area contributed by atoms with E-state index in [0.717, 1.165) is 35.5 Å². The maximum absolute atomic E-state index is 13.5.